The SMILES string of the molecule is COc1ccc(OC)c(CN2CCNCC2(C)C)c1. The Hall–Kier alpha value is -1.26. The van der Waals surface area contributed by atoms with E-state index in [4.69, 9.17) is 9.47 Å². The van der Waals surface area contributed by atoms with Crippen LogP contribution in [0.1, 0.15) is 19.4 Å². The van der Waals surface area contributed by atoms with E-state index in [0.717, 1.165) is 37.7 Å². The average Bonchev–Trinajstić information content (AvgIpc) is 2.41. The van der Waals surface area contributed by atoms with Crippen molar-refractivity contribution in [2.45, 2.75) is 25.9 Å². The fourth-order valence-corrected chi connectivity index (χ4v) is 2.53. The fourth-order valence-electron chi connectivity index (χ4n) is 2.53. The molecule has 1 N–H and O–H groups in total. The lowest BCUT2D eigenvalue weighted by Crippen LogP contribution is -2.57. The van der Waals surface area contributed by atoms with Gasteiger partial charge in [-0.25, -0.2) is 0 Å². The van der Waals surface area contributed by atoms with Crippen molar-refractivity contribution in [2.24, 2.45) is 0 Å². The number of nitrogens with one attached hydrogen (secondary N) is 1. The lowest BCUT2D eigenvalue weighted by atomic mass is 9.99. The van der Waals surface area contributed by atoms with Gasteiger partial charge in [0.2, 0.25) is 0 Å². The van der Waals surface area contributed by atoms with Gasteiger partial charge in [-0.1, -0.05) is 0 Å². The molecule has 2 rings (SSSR count). The highest BCUT2D eigenvalue weighted by Crippen LogP contribution is 2.28. The van der Waals surface area contributed by atoms with Crippen LogP contribution in [0, 0.1) is 0 Å². The van der Waals surface area contributed by atoms with Crippen LogP contribution in [-0.4, -0.2) is 44.3 Å². The molecule has 0 bridgehead atoms. The van der Waals surface area contributed by atoms with Gasteiger partial charge >= 0.3 is 0 Å². The van der Waals surface area contributed by atoms with E-state index in [1.54, 1.807) is 14.2 Å². The van der Waals surface area contributed by atoms with Gasteiger partial charge in [0.15, 0.2) is 0 Å². The van der Waals surface area contributed by atoms with Gasteiger partial charge in [-0.3, -0.25) is 4.90 Å². The Labute approximate surface area is 115 Å². The van der Waals surface area contributed by atoms with Crippen LogP contribution in [0.2, 0.25) is 0 Å². The third-order valence-electron chi connectivity index (χ3n) is 3.82. The molecule has 0 spiro atoms. The quantitative estimate of drug-likeness (QED) is 0.900. The van der Waals surface area contributed by atoms with Gasteiger partial charge in [0.25, 0.3) is 0 Å². The molecule has 1 aromatic carbocycles. The highest BCUT2D eigenvalue weighted by Gasteiger charge is 2.29. The molecular formula is C15H24N2O2. The van der Waals surface area contributed by atoms with Crippen LogP contribution in [-0.2, 0) is 6.54 Å². The van der Waals surface area contributed by atoms with Crippen LogP contribution in [0.25, 0.3) is 0 Å². The summed E-state index contributed by atoms with van der Waals surface area (Å²) in [5, 5.41) is 3.44. The Bertz CT molecular complexity index is 432. The van der Waals surface area contributed by atoms with Gasteiger partial charge in [0, 0.05) is 37.3 Å². The number of ether oxygens (including phenoxy) is 2. The third kappa shape index (κ3) is 3.19. The van der Waals surface area contributed by atoms with E-state index < -0.39 is 0 Å². The minimum atomic E-state index is 0.159. The molecule has 0 saturated carbocycles. The molecule has 106 valence electrons. The molecule has 0 aromatic heterocycles. The van der Waals surface area contributed by atoms with Gasteiger partial charge < -0.3 is 14.8 Å². The summed E-state index contributed by atoms with van der Waals surface area (Å²) in [4.78, 5) is 2.49. The minimum Gasteiger partial charge on any atom is -0.497 e. The molecule has 0 unspecified atom stereocenters. The summed E-state index contributed by atoms with van der Waals surface area (Å²) in [6.45, 7) is 8.52. The Kier molecular flexibility index (Phi) is 4.32. The van der Waals surface area contributed by atoms with Crippen molar-refractivity contribution in [2.75, 3.05) is 33.9 Å². The fraction of sp³-hybridized carbons (Fsp3) is 0.600. The van der Waals surface area contributed by atoms with Crippen molar-refractivity contribution in [3.63, 3.8) is 0 Å². The first kappa shape index (κ1) is 14.2. The number of benzene rings is 1. The first-order chi connectivity index (χ1) is 9.06. The second kappa shape index (κ2) is 5.80. The van der Waals surface area contributed by atoms with Crippen LogP contribution in [0.5, 0.6) is 11.5 Å². The van der Waals surface area contributed by atoms with Crippen molar-refractivity contribution in [1.29, 1.82) is 0 Å². The molecule has 1 aromatic rings. The lowest BCUT2D eigenvalue weighted by Gasteiger charge is -2.43. The number of hydrogen-bond donors (Lipinski definition) is 1. The van der Waals surface area contributed by atoms with E-state index in [0.29, 0.717) is 0 Å². The number of rotatable bonds is 4. The van der Waals surface area contributed by atoms with Crippen molar-refractivity contribution in [3.05, 3.63) is 23.8 Å². The van der Waals surface area contributed by atoms with Crippen molar-refractivity contribution in [3.8, 4) is 11.5 Å². The summed E-state index contributed by atoms with van der Waals surface area (Å²) in [6, 6.07) is 5.98. The van der Waals surface area contributed by atoms with Crippen LogP contribution >= 0.6 is 0 Å². The number of nitrogens with zero attached hydrogens (tertiary/aromatic N) is 1. The third-order valence-corrected chi connectivity index (χ3v) is 3.82. The average molecular weight is 264 g/mol. The molecule has 19 heavy (non-hydrogen) atoms. The van der Waals surface area contributed by atoms with Gasteiger partial charge in [-0.15, -0.1) is 0 Å². The van der Waals surface area contributed by atoms with Crippen LogP contribution in [0.15, 0.2) is 18.2 Å². The van der Waals surface area contributed by atoms with Crippen LogP contribution < -0.4 is 14.8 Å². The van der Waals surface area contributed by atoms with Gasteiger partial charge in [0.05, 0.1) is 14.2 Å². The molecule has 0 aliphatic carbocycles. The topological polar surface area (TPSA) is 33.7 Å². The summed E-state index contributed by atoms with van der Waals surface area (Å²) >= 11 is 0. The molecule has 4 nitrogen and oxygen atoms in total. The molecular weight excluding hydrogens is 240 g/mol. The molecule has 1 fully saturated rings. The Morgan fingerprint density at radius 2 is 2.05 bits per heavy atom. The van der Waals surface area contributed by atoms with E-state index in [1.807, 2.05) is 12.1 Å². The molecule has 0 radical (unpaired) electrons. The maximum absolute atomic E-state index is 5.46. The molecule has 1 heterocycles. The summed E-state index contributed by atoms with van der Waals surface area (Å²) in [5.74, 6) is 1.80. The number of hydrogen-bond acceptors (Lipinski definition) is 4. The highest BCUT2D eigenvalue weighted by atomic mass is 16.5. The second-order valence-electron chi connectivity index (χ2n) is 5.59. The number of methoxy groups -OCH3 is 2. The standard InChI is InChI=1S/C15H24N2O2/c1-15(2)11-16-7-8-17(15)10-12-9-13(18-3)5-6-14(12)19-4/h5-6,9,16H,7-8,10-11H2,1-4H3. The maximum Gasteiger partial charge on any atom is 0.123 e. The molecule has 0 amide bonds. The first-order valence-electron chi connectivity index (χ1n) is 6.73. The van der Waals surface area contributed by atoms with Gasteiger partial charge in [-0.2, -0.15) is 0 Å². The molecule has 1 aliphatic heterocycles. The maximum atomic E-state index is 5.46. The first-order valence-corrected chi connectivity index (χ1v) is 6.73. The van der Waals surface area contributed by atoms with E-state index in [9.17, 15) is 0 Å². The van der Waals surface area contributed by atoms with Gasteiger partial charge in [-0.05, 0) is 32.0 Å². The van der Waals surface area contributed by atoms with Gasteiger partial charge in [0.1, 0.15) is 11.5 Å². The van der Waals surface area contributed by atoms with Crippen molar-refractivity contribution in [1.82, 2.24) is 10.2 Å². The molecule has 4 heteroatoms. The smallest absolute Gasteiger partial charge is 0.123 e. The zero-order valence-corrected chi connectivity index (χ0v) is 12.3. The molecule has 0 atom stereocenters. The zero-order chi connectivity index (χ0) is 13.9. The Morgan fingerprint density at radius 3 is 2.68 bits per heavy atom. The van der Waals surface area contributed by atoms with Crippen molar-refractivity contribution < 1.29 is 9.47 Å². The summed E-state index contributed by atoms with van der Waals surface area (Å²) < 4.78 is 10.8. The summed E-state index contributed by atoms with van der Waals surface area (Å²) in [6.07, 6.45) is 0. The largest absolute Gasteiger partial charge is 0.497 e. The Balaban J connectivity index is 2.21. The normalized spacial score (nSPS) is 19.2. The summed E-state index contributed by atoms with van der Waals surface area (Å²) in [7, 11) is 3.41. The van der Waals surface area contributed by atoms with E-state index in [1.165, 1.54) is 5.56 Å². The Morgan fingerprint density at radius 1 is 1.26 bits per heavy atom. The van der Waals surface area contributed by atoms with Crippen LogP contribution in [0.3, 0.4) is 0 Å². The predicted molar refractivity (Wildman–Crippen MR) is 76.9 cm³/mol. The van der Waals surface area contributed by atoms with E-state index >= 15 is 0 Å². The zero-order valence-electron chi connectivity index (χ0n) is 12.3. The second-order valence-corrected chi connectivity index (χ2v) is 5.59. The van der Waals surface area contributed by atoms with E-state index in [2.05, 4.69) is 30.1 Å². The van der Waals surface area contributed by atoms with E-state index in [-0.39, 0.29) is 5.54 Å². The lowest BCUT2D eigenvalue weighted by molar-refractivity contribution is 0.0818. The van der Waals surface area contributed by atoms with Crippen LogP contribution in [0.4, 0.5) is 0 Å². The highest BCUT2D eigenvalue weighted by molar-refractivity contribution is 5.40. The summed E-state index contributed by atoms with van der Waals surface area (Å²) in [5.41, 5.74) is 1.34. The predicted octanol–water partition coefficient (Wildman–Crippen LogP) is 1.89. The monoisotopic (exact) mass is 264 g/mol. The number of piperazine rings is 1. The molecule has 1 saturated heterocycles. The minimum absolute atomic E-state index is 0.159. The van der Waals surface area contributed by atoms with Crippen molar-refractivity contribution >= 4 is 0 Å². The molecule has 1 aliphatic rings.